The molecule has 3 aliphatic rings. The molecular formula is C33H42. The standard InChI is InChI=1S/C33H42/c1-25-10-8-7-9-11-29(25)24-32(6)18-20-33(21-19-32)17-16-28(22-26(33)2)23-27-12-14-30(15-13-27)31(3,4)5/h8-15,22H,2,16-21,23-24H2,1,3-6H3. The molecule has 0 N–H and O–H groups in total. The van der Waals surface area contributed by atoms with E-state index < -0.39 is 0 Å². The van der Waals surface area contributed by atoms with E-state index in [1.165, 1.54) is 72.8 Å². The van der Waals surface area contributed by atoms with Gasteiger partial charge in [-0.3, -0.25) is 0 Å². The van der Waals surface area contributed by atoms with Crippen LogP contribution in [0.1, 0.15) is 90.7 Å². The van der Waals surface area contributed by atoms with E-state index in [2.05, 4.69) is 95.5 Å². The van der Waals surface area contributed by atoms with Crippen molar-refractivity contribution in [2.75, 3.05) is 0 Å². The first-order valence-corrected chi connectivity index (χ1v) is 12.9. The molecule has 0 nitrogen and oxygen atoms in total. The summed E-state index contributed by atoms with van der Waals surface area (Å²) in [7, 11) is 0. The van der Waals surface area contributed by atoms with Gasteiger partial charge in [-0.15, -0.1) is 5.73 Å². The van der Waals surface area contributed by atoms with Crippen molar-refractivity contribution in [2.24, 2.45) is 10.8 Å². The lowest BCUT2D eigenvalue weighted by atomic mass is 9.57. The Morgan fingerprint density at radius 3 is 2.24 bits per heavy atom. The van der Waals surface area contributed by atoms with Gasteiger partial charge in [0.1, 0.15) is 0 Å². The SMILES string of the molecule is C=C1C=C(Cc2ccc(C(C)(C)C)cc2)CCC12CCC(C)(CC1=CC=C=CC=C1C)CC2. The van der Waals surface area contributed by atoms with Crippen molar-refractivity contribution in [2.45, 2.75) is 91.4 Å². The van der Waals surface area contributed by atoms with Crippen LogP contribution in [-0.2, 0) is 11.8 Å². The van der Waals surface area contributed by atoms with Gasteiger partial charge in [0.2, 0.25) is 0 Å². The van der Waals surface area contributed by atoms with Gasteiger partial charge in [-0.25, -0.2) is 0 Å². The van der Waals surface area contributed by atoms with Crippen molar-refractivity contribution < 1.29 is 0 Å². The zero-order valence-electron chi connectivity index (χ0n) is 21.6. The molecule has 1 aromatic rings. The molecule has 0 saturated heterocycles. The predicted molar refractivity (Wildman–Crippen MR) is 143 cm³/mol. The van der Waals surface area contributed by atoms with E-state index in [1.54, 1.807) is 5.57 Å². The molecule has 0 bridgehead atoms. The van der Waals surface area contributed by atoms with Crippen molar-refractivity contribution in [1.29, 1.82) is 0 Å². The van der Waals surface area contributed by atoms with Crippen LogP contribution in [0.25, 0.3) is 0 Å². The molecular weight excluding hydrogens is 396 g/mol. The lowest BCUT2D eigenvalue weighted by molar-refractivity contribution is 0.109. The Kier molecular flexibility index (Phi) is 6.61. The van der Waals surface area contributed by atoms with Crippen LogP contribution in [0.2, 0.25) is 0 Å². The molecule has 0 aromatic heterocycles. The van der Waals surface area contributed by atoms with Gasteiger partial charge in [-0.1, -0.05) is 82.3 Å². The third-order valence-corrected chi connectivity index (χ3v) is 8.58. The van der Waals surface area contributed by atoms with Crippen molar-refractivity contribution in [3.05, 3.63) is 100 Å². The van der Waals surface area contributed by atoms with Crippen LogP contribution in [0.15, 0.2) is 89.2 Å². The topological polar surface area (TPSA) is 0 Å². The van der Waals surface area contributed by atoms with Gasteiger partial charge in [-0.05, 0) is 115 Å². The average Bonchev–Trinajstić information content (AvgIpc) is 2.96. The molecule has 1 saturated carbocycles. The lowest BCUT2D eigenvalue weighted by Crippen LogP contribution is -2.35. The summed E-state index contributed by atoms with van der Waals surface area (Å²) < 4.78 is 0. The molecule has 0 radical (unpaired) electrons. The van der Waals surface area contributed by atoms with E-state index in [-0.39, 0.29) is 5.41 Å². The molecule has 1 fully saturated rings. The fourth-order valence-corrected chi connectivity index (χ4v) is 5.91. The summed E-state index contributed by atoms with van der Waals surface area (Å²) in [5.41, 5.74) is 12.8. The minimum absolute atomic E-state index is 0.216. The van der Waals surface area contributed by atoms with Gasteiger partial charge in [0, 0.05) is 0 Å². The Bertz CT molecular complexity index is 1040. The van der Waals surface area contributed by atoms with Crippen LogP contribution in [0.3, 0.4) is 0 Å². The Labute approximate surface area is 202 Å². The van der Waals surface area contributed by atoms with Crippen molar-refractivity contribution >= 4 is 0 Å². The fourth-order valence-electron chi connectivity index (χ4n) is 5.91. The van der Waals surface area contributed by atoms with E-state index in [9.17, 15) is 0 Å². The van der Waals surface area contributed by atoms with Crippen molar-refractivity contribution in [3.63, 3.8) is 0 Å². The van der Waals surface area contributed by atoms with Crippen molar-refractivity contribution in [3.8, 4) is 0 Å². The summed E-state index contributed by atoms with van der Waals surface area (Å²) in [5.74, 6) is 0. The second-order valence-corrected chi connectivity index (χ2v) is 12.3. The highest BCUT2D eigenvalue weighted by Gasteiger charge is 2.42. The first kappa shape index (κ1) is 23.8. The van der Waals surface area contributed by atoms with E-state index in [0.29, 0.717) is 10.8 Å². The van der Waals surface area contributed by atoms with Crippen LogP contribution >= 0.6 is 0 Å². The Morgan fingerprint density at radius 1 is 0.939 bits per heavy atom. The molecule has 1 spiro atoms. The van der Waals surface area contributed by atoms with E-state index in [1.807, 2.05) is 6.08 Å². The molecule has 0 heteroatoms. The fraction of sp³-hybridized carbons (Fsp3) is 0.485. The maximum Gasteiger partial charge on any atom is -0.00494 e. The van der Waals surface area contributed by atoms with E-state index >= 15 is 0 Å². The Hall–Kier alpha value is -2.30. The number of benzene rings is 1. The van der Waals surface area contributed by atoms with Gasteiger partial charge < -0.3 is 0 Å². The molecule has 0 unspecified atom stereocenters. The third-order valence-electron chi connectivity index (χ3n) is 8.58. The van der Waals surface area contributed by atoms with E-state index in [4.69, 9.17) is 0 Å². The molecule has 0 aliphatic heterocycles. The minimum Gasteiger partial charge on any atom is -0.121 e. The molecule has 1 aromatic carbocycles. The number of hydrogen-bond donors (Lipinski definition) is 0. The molecule has 33 heavy (non-hydrogen) atoms. The summed E-state index contributed by atoms with van der Waals surface area (Å²) in [4.78, 5) is 0. The summed E-state index contributed by atoms with van der Waals surface area (Å²) in [6.45, 7) is 16.2. The van der Waals surface area contributed by atoms with Crippen LogP contribution in [0.5, 0.6) is 0 Å². The Balaban J connectivity index is 1.38. The monoisotopic (exact) mass is 438 g/mol. The van der Waals surface area contributed by atoms with Gasteiger partial charge >= 0.3 is 0 Å². The number of allylic oxidation sites excluding steroid dienone is 8. The largest absolute Gasteiger partial charge is 0.121 e. The number of hydrogen-bond acceptors (Lipinski definition) is 0. The molecule has 0 atom stereocenters. The molecule has 0 amide bonds. The van der Waals surface area contributed by atoms with Crippen LogP contribution in [-0.4, -0.2) is 0 Å². The highest BCUT2D eigenvalue weighted by atomic mass is 14.5. The number of rotatable bonds is 4. The summed E-state index contributed by atoms with van der Waals surface area (Å²) >= 11 is 0. The minimum atomic E-state index is 0.216. The Morgan fingerprint density at radius 2 is 1.61 bits per heavy atom. The highest BCUT2D eigenvalue weighted by molar-refractivity contribution is 5.39. The maximum absolute atomic E-state index is 4.60. The predicted octanol–water partition coefficient (Wildman–Crippen LogP) is 9.36. The molecule has 0 heterocycles. The molecule has 174 valence electrons. The highest BCUT2D eigenvalue weighted by Crippen LogP contribution is 2.55. The van der Waals surface area contributed by atoms with Crippen LogP contribution in [0.4, 0.5) is 0 Å². The van der Waals surface area contributed by atoms with Gasteiger partial charge in [0.05, 0.1) is 0 Å². The third kappa shape index (κ3) is 5.44. The van der Waals surface area contributed by atoms with Gasteiger partial charge in [0.15, 0.2) is 0 Å². The van der Waals surface area contributed by atoms with Crippen LogP contribution < -0.4 is 0 Å². The first-order valence-electron chi connectivity index (χ1n) is 12.9. The zero-order valence-corrected chi connectivity index (χ0v) is 21.6. The zero-order chi connectivity index (χ0) is 23.7. The molecule has 4 rings (SSSR count). The quantitative estimate of drug-likeness (QED) is 0.411. The summed E-state index contributed by atoms with van der Waals surface area (Å²) in [5, 5.41) is 0. The molecule has 3 aliphatic carbocycles. The van der Waals surface area contributed by atoms with Crippen molar-refractivity contribution in [1.82, 2.24) is 0 Å². The summed E-state index contributed by atoms with van der Waals surface area (Å²) in [6.07, 6.45) is 21.0. The lowest BCUT2D eigenvalue weighted by Gasteiger charge is -2.48. The normalized spacial score (nSPS) is 27.8. The second-order valence-electron chi connectivity index (χ2n) is 12.3. The van der Waals surface area contributed by atoms with Gasteiger partial charge in [-0.2, -0.15) is 0 Å². The first-order chi connectivity index (χ1) is 15.6. The average molecular weight is 439 g/mol. The smallest absolute Gasteiger partial charge is 0.00494 e. The second kappa shape index (κ2) is 9.15. The van der Waals surface area contributed by atoms with Crippen LogP contribution in [0, 0.1) is 10.8 Å². The summed E-state index contributed by atoms with van der Waals surface area (Å²) in [6, 6.07) is 9.26. The van der Waals surface area contributed by atoms with E-state index in [0.717, 1.165) is 6.42 Å². The van der Waals surface area contributed by atoms with Gasteiger partial charge in [0.25, 0.3) is 0 Å². The maximum atomic E-state index is 4.60.